The summed E-state index contributed by atoms with van der Waals surface area (Å²) in [5, 5.41) is 12.3. The van der Waals surface area contributed by atoms with E-state index in [4.69, 9.17) is 9.47 Å². The molecule has 0 unspecified atom stereocenters. The summed E-state index contributed by atoms with van der Waals surface area (Å²) in [4.78, 5) is 39.0. The smallest absolute Gasteiger partial charge is 0.330 e. The number of aromatic nitrogens is 1. The number of carbonyl (C=O) groups is 2. The van der Waals surface area contributed by atoms with Gasteiger partial charge < -0.3 is 24.5 Å². The molecule has 8 nitrogen and oxygen atoms in total. The van der Waals surface area contributed by atoms with Crippen LogP contribution in [-0.2, 0) is 24.2 Å². The number of aliphatic carboxylic acids is 1. The van der Waals surface area contributed by atoms with Crippen molar-refractivity contribution >= 4 is 11.9 Å². The molecule has 0 saturated carbocycles. The van der Waals surface area contributed by atoms with Crippen LogP contribution in [0, 0.1) is 0 Å². The fourth-order valence-corrected chi connectivity index (χ4v) is 4.93. The summed E-state index contributed by atoms with van der Waals surface area (Å²) in [7, 11) is 0. The molecule has 1 aliphatic carbocycles. The van der Waals surface area contributed by atoms with Crippen molar-refractivity contribution in [2.45, 2.75) is 51.1 Å². The molecule has 186 valence electrons. The Balaban J connectivity index is 1.53. The molecule has 2 aromatic carbocycles. The topological polar surface area (TPSA) is 107 Å². The number of benzene rings is 2. The summed E-state index contributed by atoms with van der Waals surface area (Å²) >= 11 is 0. The van der Waals surface area contributed by atoms with Crippen LogP contribution < -0.4 is 20.3 Å². The highest BCUT2D eigenvalue weighted by Crippen LogP contribution is 2.33. The Morgan fingerprint density at radius 1 is 0.944 bits per heavy atom. The minimum absolute atomic E-state index is 0.0442. The molecular formula is C28H28N2O6. The van der Waals surface area contributed by atoms with Gasteiger partial charge in [-0.1, -0.05) is 49.2 Å². The molecule has 1 amide bonds. The number of amides is 1. The number of nitrogens with zero attached hydrogens (tertiary/aromatic N) is 1. The molecule has 1 aromatic heterocycles. The zero-order valence-electron chi connectivity index (χ0n) is 19.9. The van der Waals surface area contributed by atoms with Crippen LogP contribution in [0.15, 0.2) is 59.4 Å². The van der Waals surface area contributed by atoms with E-state index in [1.54, 1.807) is 41.0 Å². The Hall–Kier alpha value is -4.07. The van der Waals surface area contributed by atoms with Crippen LogP contribution in [0.1, 0.15) is 64.5 Å². The molecule has 3 aromatic rings. The number of aryl methyl sites for hydroxylation is 1. The van der Waals surface area contributed by atoms with Crippen molar-refractivity contribution in [2.24, 2.45) is 0 Å². The summed E-state index contributed by atoms with van der Waals surface area (Å²) in [6.45, 7) is 0.440. The Bertz CT molecular complexity index is 1350. The van der Waals surface area contributed by atoms with Gasteiger partial charge in [0.1, 0.15) is 5.56 Å². The van der Waals surface area contributed by atoms with Crippen LogP contribution in [0.4, 0.5) is 0 Å². The van der Waals surface area contributed by atoms with Crippen molar-refractivity contribution in [3.63, 3.8) is 0 Å². The second-order valence-corrected chi connectivity index (χ2v) is 9.18. The Labute approximate surface area is 208 Å². The summed E-state index contributed by atoms with van der Waals surface area (Å²) in [5.41, 5.74) is 2.72. The minimum Gasteiger partial charge on any atom is -0.479 e. The Kier molecular flexibility index (Phi) is 6.75. The largest absolute Gasteiger partial charge is 0.479 e. The number of hydrogen-bond acceptors (Lipinski definition) is 5. The van der Waals surface area contributed by atoms with E-state index in [1.807, 2.05) is 18.2 Å². The van der Waals surface area contributed by atoms with Crippen molar-refractivity contribution in [2.75, 3.05) is 6.79 Å². The van der Waals surface area contributed by atoms with Crippen LogP contribution >= 0.6 is 0 Å². The fourth-order valence-electron chi connectivity index (χ4n) is 4.93. The highest BCUT2D eigenvalue weighted by atomic mass is 16.7. The average Bonchev–Trinajstić information content (AvgIpc) is 3.33. The number of pyridine rings is 1. The first kappa shape index (κ1) is 23.7. The number of ether oxygens (including phenoxy) is 2. The van der Waals surface area contributed by atoms with Gasteiger partial charge >= 0.3 is 5.97 Å². The van der Waals surface area contributed by atoms with Crippen molar-refractivity contribution in [3.8, 4) is 11.5 Å². The summed E-state index contributed by atoms with van der Waals surface area (Å²) in [5.74, 6) is -0.596. The van der Waals surface area contributed by atoms with Crippen molar-refractivity contribution in [3.05, 3.63) is 92.9 Å². The lowest BCUT2D eigenvalue weighted by molar-refractivity contribution is -0.139. The molecular weight excluding hydrogens is 460 g/mol. The Morgan fingerprint density at radius 2 is 1.69 bits per heavy atom. The first-order valence-corrected chi connectivity index (χ1v) is 12.2. The molecule has 2 heterocycles. The first-order chi connectivity index (χ1) is 17.5. The SMILES string of the molecule is O=C(N[C@@H](C(=O)O)c1ccccc1)c1cc2c(n(Cc3ccc4c(c3)OCO4)c1=O)CCCCCC2. The van der Waals surface area contributed by atoms with Crippen LogP contribution in [0.25, 0.3) is 0 Å². The van der Waals surface area contributed by atoms with E-state index in [0.717, 1.165) is 55.3 Å². The second-order valence-electron chi connectivity index (χ2n) is 9.18. The first-order valence-electron chi connectivity index (χ1n) is 12.2. The predicted octanol–water partition coefficient (Wildman–Crippen LogP) is 3.84. The van der Waals surface area contributed by atoms with Crippen molar-refractivity contribution in [1.29, 1.82) is 0 Å². The van der Waals surface area contributed by atoms with E-state index >= 15 is 0 Å². The normalized spacial score (nSPS) is 15.3. The fraction of sp³-hybridized carbons (Fsp3) is 0.321. The van der Waals surface area contributed by atoms with Gasteiger partial charge in [-0.25, -0.2) is 4.79 Å². The number of carbonyl (C=O) groups excluding carboxylic acids is 1. The lowest BCUT2D eigenvalue weighted by Gasteiger charge is -2.22. The van der Waals surface area contributed by atoms with Gasteiger partial charge in [-0.15, -0.1) is 0 Å². The van der Waals surface area contributed by atoms with E-state index in [9.17, 15) is 19.5 Å². The standard InChI is InChI=1S/C28H28N2O6/c31-26(29-25(28(33)34)19-8-5-3-6-9-19)21-15-20-10-4-1-2-7-11-22(20)30(27(21)32)16-18-12-13-23-24(14-18)36-17-35-23/h3,5-6,8-9,12-15,25H,1-2,4,7,10-11,16-17H2,(H,29,31)(H,33,34)/t25-/m1/s1. The second kappa shape index (κ2) is 10.3. The number of carboxylic acid groups (broad SMARTS) is 1. The van der Waals surface area contributed by atoms with Crippen LogP contribution in [-0.4, -0.2) is 28.3 Å². The maximum atomic E-state index is 13.7. The van der Waals surface area contributed by atoms with Gasteiger partial charge in [0.15, 0.2) is 17.5 Å². The monoisotopic (exact) mass is 488 g/mol. The Morgan fingerprint density at radius 3 is 2.47 bits per heavy atom. The van der Waals surface area contributed by atoms with Crippen molar-refractivity contribution < 1.29 is 24.2 Å². The van der Waals surface area contributed by atoms with E-state index in [1.165, 1.54) is 0 Å². The summed E-state index contributed by atoms with van der Waals surface area (Å²) in [6.07, 6.45) is 5.64. The molecule has 2 N–H and O–H groups in total. The molecule has 5 rings (SSSR count). The van der Waals surface area contributed by atoms with Gasteiger partial charge in [0, 0.05) is 5.69 Å². The van der Waals surface area contributed by atoms with Gasteiger partial charge in [-0.3, -0.25) is 9.59 Å². The third-order valence-corrected chi connectivity index (χ3v) is 6.78. The molecule has 0 spiro atoms. The molecule has 2 aliphatic rings. The third-order valence-electron chi connectivity index (χ3n) is 6.78. The van der Waals surface area contributed by atoms with Gasteiger partial charge in [0.05, 0.1) is 6.54 Å². The molecule has 0 bridgehead atoms. The van der Waals surface area contributed by atoms with E-state index in [-0.39, 0.29) is 18.9 Å². The molecule has 36 heavy (non-hydrogen) atoms. The highest BCUT2D eigenvalue weighted by Gasteiger charge is 2.26. The number of carboxylic acids is 1. The van der Waals surface area contributed by atoms with Crippen LogP contribution in [0.3, 0.4) is 0 Å². The van der Waals surface area contributed by atoms with Gasteiger partial charge in [0.2, 0.25) is 6.79 Å². The lowest BCUT2D eigenvalue weighted by Crippen LogP contribution is -2.39. The zero-order valence-corrected chi connectivity index (χ0v) is 19.9. The highest BCUT2D eigenvalue weighted by molar-refractivity contribution is 5.96. The lowest BCUT2D eigenvalue weighted by atomic mass is 9.95. The molecule has 0 saturated heterocycles. The van der Waals surface area contributed by atoms with Crippen LogP contribution in [0.2, 0.25) is 0 Å². The molecule has 1 aliphatic heterocycles. The van der Waals surface area contributed by atoms with Gasteiger partial charge in [-0.05, 0) is 60.6 Å². The molecule has 8 heteroatoms. The number of hydrogen-bond donors (Lipinski definition) is 2. The third kappa shape index (κ3) is 4.84. The van der Waals surface area contributed by atoms with E-state index < -0.39 is 23.5 Å². The maximum Gasteiger partial charge on any atom is 0.330 e. The zero-order chi connectivity index (χ0) is 25.1. The minimum atomic E-state index is -1.26. The number of nitrogens with one attached hydrogen (secondary N) is 1. The number of rotatable bonds is 6. The van der Waals surface area contributed by atoms with Gasteiger partial charge in [0.25, 0.3) is 11.5 Å². The van der Waals surface area contributed by atoms with E-state index in [0.29, 0.717) is 17.1 Å². The average molecular weight is 489 g/mol. The van der Waals surface area contributed by atoms with Crippen molar-refractivity contribution in [1.82, 2.24) is 9.88 Å². The predicted molar refractivity (Wildman–Crippen MR) is 133 cm³/mol. The quantitative estimate of drug-likeness (QED) is 0.546. The number of fused-ring (bicyclic) bond motifs is 2. The van der Waals surface area contributed by atoms with Crippen LogP contribution in [0.5, 0.6) is 11.5 Å². The molecule has 1 atom stereocenters. The summed E-state index contributed by atoms with van der Waals surface area (Å²) < 4.78 is 12.6. The molecule has 0 radical (unpaired) electrons. The molecule has 0 fully saturated rings. The van der Waals surface area contributed by atoms with Gasteiger partial charge in [-0.2, -0.15) is 0 Å². The summed E-state index contributed by atoms with van der Waals surface area (Å²) in [6, 6.07) is 14.4. The maximum absolute atomic E-state index is 13.7. The van der Waals surface area contributed by atoms with E-state index in [2.05, 4.69) is 5.32 Å².